The standard InChI is InChI=1S/C18H23N3O3S/c1-12-14(8-10-23-12)17-19-20-18(24-17)25-11-16(22)21-9-4-6-13-5-2-3-7-15(13)21/h8,10,13,15H,2-7,9,11H2,1H3/t13-,15-/m0/s1. The van der Waals surface area contributed by atoms with E-state index in [-0.39, 0.29) is 5.91 Å². The fourth-order valence-corrected chi connectivity index (χ4v) is 4.77. The molecular formula is C18H23N3O3S. The summed E-state index contributed by atoms with van der Waals surface area (Å²) in [5, 5.41) is 8.53. The zero-order chi connectivity index (χ0) is 17.2. The molecular weight excluding hydrogens is 338 g/mol. The van der Waals surface area contributed by atoms with Crippen LogP contribution in [0.5, 0.6) is 0 Å². The maximum absolute atomic E-state index is 12.7. The second kappa shape index (κ2) is 7.23. The zero-order valence-corrected chi connectivity index (χ0v) is 15.3. The Bertz CT molecular complexity index is 740. The van der Waals surface area contributed by atoms with Crippen molar-refractivity contribution in [3.63, 3.8) is 0 Å². The summed E-state index contributed by atoms with van der Waals surface area (Å²) in [7, 11) is 0. The monoisotopic (exact) mass is 361 g/mol. The van der Waals surface area contributed by atoms with E-state index in [0.29, 0.717) is 28.8 Å². The van der Waals surface area contributed by atoms with Crippen LogP contribution in [-0.2, 0) is 4.79 Å². The van der Waals surface area contributed by atoms with Gasteiger partial charge in [-0.15, -0.1) is 10.2 Å². The number of likely N-dealkylation sites (tertiary alicyclic amines) is 1. The third-order valence-corrected chi connectivity index (χ3v) is 6.18. The maximum atomic E-state index is 12.7. The molecule has 0 unspecified atom stereocenters. The van der Waals surface area contributed by atoms with Gasteiger partial charge in [-0.1, -0.05) is 24.6 Å². The lowest BCUT2D eigenvalue weighted by Gasteiger charge is -2.44. The molecule has 0 aromatic carbocycles. The van der Waals surface area contributed by atoms with Crippen LogP contribution in [0.15, 0.2) is 26.4 Å². The topological polar surface area (TPSA) is 72.4 Å². The van der Waals surface area contributed by atoms with Gasteiger partial charge in [-0.2, -0.15) is 0 Å². The number of piperidine rings is 1. The Hall–Kier alpha value is -1.76. The third-order valence-electron chi connectivity index (χ3n) is 5.38. The van der Waals surface area contributed by atoms with Crippen LogP contribution in [0.25, 0.3) is 11.5 Å². The molecule has 25 heavy (non-hydrogen) atoms. The maximum Gasteiger partial charge on any atom is 0.277 e. The number of hydrogen-bond acceptors (Lipinski definition) is 6. The predicted molar refractivity (Wildman–Crippen MR) is 94.2 cm³/mol. The highest BCUT2D eigenvalue weighted by Crippen LogP contribution is 2.36. The van der Waals surface area contributed by atoms with E-state index in [1.165, 1.54) is 37.4 Å². The molecule has 0 bridgehead atoms. The van der Waals surface area contributed by atoms with E-state index in [4.69, 9.17) is 8.83 Å². The number of rotatable bonds is 4. The van der Waals surface area contributed by atoms with Crippen molar-refractivity contribution in [2.24, 2.45) is 5.92 Å². The highest BCUT2D eigenvalue weighted by Gasteiger charge is 2.35. The molecule has 4 rings (SSSR count). The number of furan rings is 1. The van der Waals surface area contributed by atoms with Gasteiger partial charge in [0.2, 0.25) is 5.91 Å². The largest absolute Gasteiger partial charge is 0.469 e. The van der Waals surface area contributed by atoms with Crippen LogP contribution >= 0.6 is 11.8 Å². The molecule has 3 heterocycles. The summed E-state index contributed by atoms with van der Waals surface area (Å²) in [6, 6.07) is 2.25. The van der Waals surface area contributed by atoms with Gasteiger partial charge in [0.15, 0.2) is 0 Å². The average Bonchev–Trinajstić information content (AvgIpc) is 3.27. The lowest BCUT2D eigenvalue weighted by Crippen LogP contribution is -2.50. The molecule has 6 nitrogen and oxygen atoms in total. The summed E-state index contributed by atoms with van der Waals surface area (Å²) < 4.78 is 10.9. The number of hydrogen-bond donors (Lipinski definition) is 0. The average molecular weight is 361 g/mol. The quantitative estimate of drug-likeness (QED) is 0.769. The number of thioether (sulfide) groups is 1. The number of carbonyl (C=O) groups is 1. The van der Waals surface area contributed by atoms with E-state index in [9.17, 15) is 4.79 Å². The van der Waals surface area contributed by atoms with E-state index in [2.05, 4.69) is 15.1 Å². The Labute approximate surface area is 151 Å². The summed E-state index contributed by atoms with van der Waals surface area (Å²) in [4.78, 5) is 14.8. The fraction of sp³-hybridized carbons (Fsp3) is 0.611. The minimum atomic E-state index is 0.195. The Morgan fingerprint density at radius 3 is 2.96 bits per heavy atom. The Balaban J connectivity index is 1.37. The van der Waals surface area contributed by atoms with Crippen LogP contribution in [0.1, 0.15) is 44.3 Å². The summed E-state index contributed by atoms with van der Waals surface area (Å²) >= 11 is 1.32. The molecule has 7 heteroatoms. The number of aromatic nitrogens is 2. The van der Waals surface area contributed by atoms with Gasteiger partial charge in [-0.3, -0.25) is 4.79 Å². The van der Waals surface area contributed by atoms with Gasteiger partial charge in [0.25, 0.3) is 11.1 Å². The summed E-state index contributed by atoms with van der Waals surface area (Å²) in [5.74, 6) is 2.44. The zero-order valence-electron chi connectivity index (χ0n) is 14.4. The van der Waals surface area contributed by atoms with Crippen molar-refractivity contribution in [1.82, 2.24) is 15.1 Å². The van der Waals surface area contributed by atoms with Crippen molar-refractivity contribution in [1.29, 1.82) is 0 Å². The molecule has 2 aromatic heterocycles. The number of fused-ring (bicyclic) bond motifs is 1. The van der Waals surface area contributed by atoms with Crippen molar-refractivity contribution in [2.75, 3.05) is 12.3 Å². The molecule has 2 aromatic rings. The molecule has 0 spiro atoms. The number of aryl methyl sites for hydroxylation is 1. The highest BCUT2D eigenvalue weighted by atomic mass is 32.2. The van der Waals surface area contributed by atoms with Gasteiger partial charge in [0.05, 0.1) is 17.6 Å². The van der Waals surface area contributed by atoms with Crippen LogP contribution in [0.4, 0.5) is 0 Å². The third kappa shape index (κ3) is 3.47. The van der Waals surface area contributed by atoms with Crippen LogP contribution in [-0.4, -0.2) is 39.3 Å². The normalized spacial score (nSPS) is 23.5. The Morgan fingerprint density at radius 1 is 1.28 bits per heavy atom. The van der Waals surface area contributed by atoms with Gasteiger partial charge in [0.1, 0.15) is 5.76 Å². The molecule has 1 saturated carbocycles. The van der Waals surface area contributed by atoms with E-state index in [1.54, 1.807) is 12.3 Å². The SMILES string of the molecule is Cc1occc1-c1nnc(SCC(=O)N2CCC[C@@H]3CCCC[C@@H]32)o1. The van der Waals surface area contributed by atoms with E-state index in [0.717, 1.165) is 30.7 Å². The van der Waals surface area contributed by atoms with Crippen LogP contribution in [0, 0.1) is 12.8 Å². The van der Waals surface area contributed by atoms with Gasteiger partial charge < -0.3 is 13.7 Å². The molecule has 2 atom stereocenters. The predicted octanol–water partition coefficient (Wildman–Crippen LogP) is 3.91. The smallest absolute Gasteiger partial charge is 0.277 e. The second-order valence-corrected chi connectivity index (χ2v) is 7.82. The lowest BCUT2D eigenvalue weighted by atomic mass is 9.78. The summed E-state index contributed by atoms with van der Waals surface area (Å²) in [6.45, 7) is 2.75. The van der Waals surface area contributed by atoms with Crippen molar-refractivity contribution >= 4 is 17.7 Å². The fourth-order valence-electron chi connectivity index (χ4n) is 4.12. The molecule has 0 radical (unpaired) electrons. The van der Waals surface area contributed by atoms with Crippen molar-refractivity contribution in [2.45, 2.75) is 56.7 Å². The molecule has 1 amide bonds. The minimum absolute atomic E-state index is 0.195. The molecule has 1 saturated heterocycles. The molecule has 134 valence electrons. The Morgan fingerprint density at radius 2 is 2.12 bits per heavy atom. The van der Waals surface area contributed by atoms with Gasteiger partial charge in [0, 0.05) is 12.6 Å². The van der Waals surface area contributed by atoms with Crippen LogP contribution < -0.4 is 0 Å². The van der Waals surface area contributed by atoms with Gasteiger partial charge >= 0.3 is 0 Å². The van der Waals surface area contributed by atoms with Crippen molar-refractivity contribution in [3.8, 4) is 11.5 Å². The molecule has 1 aliphatic heterocycles. The first-order valence-corrected chi connectivity index (χ1v) is 10.0. The summed E-state index contributed by atoms with van der Waals surface area (Å²) in [5.41, 5.74) is 0.798. The van der Waals surface area contributed by atoms with E-state index in [1.807, 2.05) is 6.92 Å². The number of amides is 1. The minimum Gasteiger partial charge on any atom is -0.469 e. The highest BCUT2D eigenvalue weighted by molar-refractivity contribution is 7.99. The number of carbonyl (C=O) groups excluding carboxylic acids is 1. The van der Waals surface area contributed by atoms with Crippen molar-refractivity contribution < 1.29 is 13.6 Å². The van der Waals surface area contributed by atoms with Crippen LogP contribution in [0.2, 0.25) is 0 Å². The van der Waals surface area contributed by atoms with E-state index >= 15 is 0 Å². The lowest BCUT2D eigenvalue weighted by molar-refractivity contribution is -0.134. The van der Waals surface area contributed by atoms with Gasteiger partial charge in [-0.05, 0) is 44.6 Å². The summed E-state index contributed by atoms with van der Waals surface area (Å²) in [6.07, 6.45) is 9.00. The molecule has 1 aliphatic carbocycles. The van der Waals surface area contributed by atoms with E-state index < -0.39 is 0 Å². The van der Waals surface area contributed by atoms with Gasteiger partial charge in [-0.25, -0.2) is 0 Å². The first-order chi connectivity index (χ1) is 12.2. The van der Waals surface area contributed by atoms with Crippen molar-refractivity contribution in [3.05, 3.63) is 18.1 Å². The number of nitrogens with zero attached hydrogens (tertiary/aromatic N) is 3. The molecule has 2 aliphatic rings. The molecule has 2 fully saturated rings. The Kier molecular flexibility index (Phi) is 4.83. The van der Waals surface area contributed by atoms with Crippen LogP contribution in [0.3, 0.4) is 0 Å². The second-order valence-electron chi connectivity index (χ2n) is 6.89. The molecule has 0 N–H and O–H groups in total. The first kappa shape index (κ1) is 16.7. The first-order valence-electron chi connectivity index (χ1n) is 9.02.